The lowest BCUT2D eigenvalue weighted by Gasteiger charge is -2.17. The fourth-order valence-electron chi connectivity index (χ4n) is 1.90. The first kappa shape index (κ1) is 10.3. The van der Waals surface area contributed by atoms with Gasteiger partial charge in [0.25, 0.3) is 0 Å². The van der Waals surface area contributed by atoms with E-state index in [-0.39, 0.29) is 6.10 Å². The molecule has 3 heteroatoms. The lowest BCUT2D eigenvalue weighted by atomic mass is 10.3. The fourth-order valence-corrected chi connectivity index (χ4v) is 1.90. The number of aliphatic hydroxyl groups excluding tert-OH is 1. The Morgan fingerprint density at radius 1 is 1.40 bits per heavy atom. The summed E-state index contributed by atoms with van der Waals surface area (Å²) in [6.45, 7) is 4.36. The third kappa shape index (κ3) is 2.42. The van der Waals surface area contributed by atoms with Crippen LogP contribution in [-0.4, -0.2) is 30.9 Å². The largest absolute Gasteiger partial charge is 0.494 e. The van der Waals surface area contributed by atoms with Gasteiger partial charge in [-0.15, -0.1) is 0 Å². The molecule has 0 spiro atoms. The predicted octanol–water partition coefficient (Wildman–Crippen LogP) is 1.66. The van der Waals surface area contributed by atoms with Crippen LogP contribution in [0.4, 0.5) is 5.69 Å². The SMILES string of the molecule is CCOc1ccc(N2CC[C@H](O)C2)cc1. The van der Waals surface area contributed by atoms with E-state index in [4.69, 9.17) is 4.74 Å². The molecule has 1 aliphatic heterocycles. The van der Waals surface area contributed by atoms with Crippen molar-refractivity contribution in [2.24, 2.45) is 0 Å². The molecule has 1 N–H and O–H groups in total. The second-order valence-electron chi connectivity index (χ2n) is 3.82. The van der Waals surface area contributed by atoms with Gasteiger partial charge in [-0.05, 0) is 37.6 Å². The molecule has 1 heterocycles. The Balaban J connectivity index is 2.03. The Hall–Kier alpha value is -1.22. The van der Waals surface area contributed by atoms with Crippen LogP contribution in [0.3, 0.4) is 0 Å². The zero-order valence-electron chi connectivity index (χ0n) is 9.02. The Kier molecular flexibility index (Phi) is 3.11. The zero-order chi connectivity index (χ0) is 10.7. The van der Waals surface area contributed by atoms with Crippen LogP contribution in [0.15, 0.2) is 24.3 Å². The molecule has 1 aliphatic rings. The summed E-state index contributed by atoms with van der Waals surface area (Å²) in [7, 11) is 0. The number of ether oxygens (including phenoxy) is 1. The number of rotatable bonds is 3. The highest BCUT2D eigenvalue weighted by molar-refractivity contribution is 5.49. The van der Waals surface area contributed by atoms with E-state index in [1.54, 1.807) is 0 Å². The first-order chi connectivity index (χ1) is 7.29. The first-order valence-corrected chi connectivity index (χ1v) is 5.45. The highest BCUT2D eigenvalue weighted by Crippen LogP contribution is 2.23. The quantitative estimate of drug-likeness (QED) is 0.818. The molecule has 3 nitrogen and oxygen atoms in total. The molecule has 1 fully saturated rings. The third-order valence-electron chi connectivity index (χ3n) is 2.68. The van der Waals surface area contributed by atoms with Gasteiger partial charge in [-0.1, -0.05) is 0 Å². The molecule has 0 unspecified atom stereocenters. The number of hydrogen-bond donors (Lipinski definition) is 1. The number of hydrogen-bond acceptors (Lipinski definition) is 3. The summed E-state index contributed by atoms with van der Waals surface area (Å²) in [5, 5.41) is 9.43. The standard InChI is InChI=1S/C12H17NO2/c1-2-15-12-5-3-10(4-6-12)13-8-7-11(14)9-13/h3-6,11,14H,2,7-9H2,1H3/t11-/m0/s1. The van der Waals surface area contributed by atoms with Gasteiger partial charge < -0.3 is 14.7 Å². The molecule has 82 valence electrons. The van der Waals surface area contributed by atoms with E-state index >= 15 is 0 Å². The first-order valence-electron chi connectivity index (χ1n) is 5.45. The van der Waals surface area contributed by atoms with Crippen LogP contribution < -0.4 is 9.64 Å². The topological polar surface area (TPSA) is 32.7 Å². The molecule has 0 amide bonds. The summed E-state index contributed by atoms with van der Waals surface area (Å²) >= 11 is 0. The molecule has 1 saturated heterocycles. The molecule has 1 atom stereocenters. The summed E-state index contributed by atoms with van der Waals surface area (Å²) in [6.07, 6.45) is 0.698. The molecule has 0 aromatic heterocycles. The number of anilines is 1. The van der Waals surface area contributed by atoms with Crippen molar-refractivity contribution in [1.29, 1.82) is 0 Å². The van der Waals surface area contributed by atoms with Crippen molar-refractivity contribution >= 4 is 5.69 Å². The maximum Gasteiger partial charge on any atom is 0.119 e. The number of benzene rings is 1. The lowest BCUT2D eigenvalue weighted by Crippen LogP contribution is -2.20. The van der Waals surface area contributed by atoms with Crippen molar-refractivity contribution in [2.75, 3.05) is 24.6 Å². The average Bonchev–Trinajstić information content (AvgIpc) is 2.67. The van der Waals surface area contributed by atoms with Crippen molar-refractivity contribution < 1.29 is 9.84 Å². The van der Waals surface area contributed by atoms with Crippen LogP contribution in [0.25, 0.3) is 0 Å². The van der Waals surface area contributed by atoms with E-state index in [2.05, 4.69) is 4.90 Å². The summed E-state index contributed by atoms with van der Waals surface area (Å²) in [6, 6.07) is 8.04. The second kappa shape index (κ2) is 4.53. The van der Waals surface area contributed by atoms with Gasteiger partial charge in [-0.2, -0.15) is 0 Å². The van der Waals surface area contributed by atoms with Gasteiger partial charge in [0, 0.05) is 18.8 Å². The smallest absolute Gasteiger partial charge is 0.119 e. The van der Waals surface area contributed by atoms with Crippen LogP contribution >= 0.6 is 0 Å². The molecule has 2 rings (SSSR count). The van der Waals surface area contributed by atoms with Crippen molar-refractivity contribution in [2.45, 2.75) is 19.4 Å². The molecule has 15 heavy (non-hydrogen) atoms. The van der Waals surface area contributed by atoms with Crippen LogP contribution in [-0.2, 0) is 0 Å². The minimum Gasteiger partial charge on any atom is -0.494 e. The Bertz CT molecular complexity index is 310. The number of β-amino-alcohol motifs (C(OH)–C–C–N with tert-alkyl or cyclic N) is 1. The van der Waals surface area contributed by atoms with Crippen molar-refractivity contribution in [3.63, 3.8) is 0 Å². The van der Waals surface area contributed by atoms with Crippen LogP contribution in [0.1, 0.15) is 13.3 Å². The predicted molar refractivity (Wildman–Crippen MR) is 60.4 cm³/mol. The lowest BCUT2D eigenvalue weighted by molar-refractivity contribution is 0.198. The van der Waals surface area contributed by atoms with Crippen LogP contribution in [0.5, 0.6) is 5.75 Å². The molecule has 0 aliphatic carbocycles. The van der Waals surface area contributed by atoms with Crippen LogP contribution in [0, 0.1) is 0 Å². The van der Waals surface area contributed by atoms with E-state index in [0.717, 1.165) is 30.9 Å². The Labute approximate surface area is 90.3 Å². The van der Waals surface area contributed by atoms with Gasteiger partial charge in [-0.25, -0.2) is 0 Å². The second-order valence-corrected chi connectivity index (χ2v) is 3.82. The fraction of sp³-hybridized carbons (Fsp3) is 0.500. The number of aliphatic hydroxyl groups is 1. The average molecular weight is 207 g/mol. The van der Waals surface area contributed by atoms with Crippen LogP contribution in [0.2, 0.25) is 0 Å². The maximum absolute atomic E-state index is 9.43. The van der Waals surface area contributed by atoms with E-state index in [1.165, 1.54) is 0 Å². The number of nitrogens with zero attached hydrogens (tertiary/aromatic N) is 1. The van der Waals surface area contributed by atoms with Crippen molar-refractivity contribution in [1.82, 2.24) is 0 Å². The summed E-state index contributed by atoms with van der Waals surface area (Å²) in [5.74, 6) is 0.904. The van der Waals surface area contributed by atoms with E-state index < -0.39 is 0 Å². The van der Waals surface area contributed by atoms with E-state index in [9.17, 15) is 5.11 Å². The monoisotopic (exact) mass is 207 g/mol. The zero-order valence-corrected chi connectivity index (χ0v) is 9.02. The van der Waals surface area contributed by atoms with Gasteiger partial charge in [0.1, 0.15) is 5.75 Å². The van der Waals surface area contributed by atoms with E-state index in [0.29, 0.717) is 6.61 Å². The molecule has 0 radical (unpaired) electrons. The van der Waals surface area contributed by atoms with Gasteiger partial charge >= 0.3 is 0 Å². The molecular weight excluding hydrogens is 190 g/mol. The molecule has 0 bridgehead atoms. The molecule has 1 aromatic carbocycles. The Morgan fingerprint density at radius 2 is 2.13 bits per heavy atom. The minimum absolute atomic E-state index is 0.170. The third-order valence-corrected chi connectivity index (χ3v) is 2.68. The highest BCUT2D eigenvalue weighted by Gasteiger charge is 2.19. The summed E-state index contributed by atoms with van der Waals surface area (Å²) in [4.78, 5) is 2.19. The molecule has 0 saturated carbocycles. The normalized spacial score (nSPS) is 20.7. The summed E-state index contributed by atoms with van der Waals surface area (Å²) in [5.41, 5.74) is 1.16. The van der Waals surface area contributed by atoms with Gasteiger partial charge in [0.2, 0.25) is 0 Å². The maximum atomic E-state index is 9.43. The highest BCUT2D eigenvalue weighted by atomic mass is 16.5. The molecular formula is C12H17NO2. The summed E-state index contributed by atoms with van der Waals surface area (Å²) < 4.78 is 5.38. The minimum atomic E-state index is -0.170. The van der Waals surface area contributed by atoms with Gasteiger partial charge in [0.05, 0.1) is 12.7 Å². The van der Waals surface area contributed by atoms with Gasteiger partial charge in [-0.3, -0.25) is 0 Å². The van der Waals surface area contributed by atoms with Crippen molar-refractivity contribution in [3.05, 3.63) is 24.3 Å². The van der Waals surface area contributed by atoms with Crippen molar-refractivity contribution in [3.8, 4) is 5.75 Å². The van der Waals surface area contributed by atoms with E-state index in [1.807, 2.05) is 31.2 Å². The van der Waals surface area contributed by atoms with Gasteiger partial charge in [0.15, 0.2) is 0 Å². The Morgan fingerprint density at radius 3 is 2.67 bits per heavy atom. The molecule has 1 aromatic rings.